The first-order valence-corrected chi connectivity index (χ1v) is 24.6. The fourth-order valence-electron chi connectivity index (χ4n) is 12.6. The zero-order valence-electron chi connectivity index (χ0n) is 39.7. The third-order valence-corrected chi connectivity index (χ3v) is 15.8. The van der Waals surface area contributed by atoms with Gasteiger partial charge in [-0.2, -0.15) is 0 Å². The Morgan fingerprint density at radius 2 is 0.718 bits per heavy atom. The lowest BCUT2D eigenvalue weighted by atomic mass is 9.72. The zero-order valence-corrected chi connectivity index (χ0v) is 39.7. The van der Waals surface area contributed by atoms with Crippen LogP contribution in [0.5, 0.6) is 0 Å². The number of hydrogen-bond donors (Lipinski definition) is 0. The molecule has 0 aliphatic heterocycles. The van der Waals surface area contributed by atoms with E-state index in [-0.39, 0.29) is 0 Å². The molecule has 0 fully saturated rings. The molecule has 0 saturated carbocycles. The molecule has 3 heterocycles. The Bertz CT molecular complexity index is 4360. The Hall–Kier alpha value is -8.80. The van der Waals surface area contributed by atoms with E-state index < -0.39 is 10.8 Å². The van der Waals surface area contributed by atoms with Gasteiger partial charge in [0.2, 0.25) is 0 Å². The van der Waals surface area contributed by atoms with Crippen LogP contribution in [-0.2, 0) is 10.8 Å². The summed E-state index contributed by atoms with van der Waals surface area (Å²) in [4.78, 5) is 4.72. The average Bonchev–Trinajstić information content (AvgIpc) is 4.21. The lowest BCUT2D eigenvalue weighted by Gasteiger charge is -2.32. The molecule has 13 aromatic rings. The van der Waals surface area contributed by atoms with E-state index >= 15 is 0 Å². The maximum atomic E-state index is 7.15. The number of nitrogens with zero attached hydrogens (tertiary/aromatic N) is 2. The quantitative estimate of drug-likeness (QED) is 0.166. The van der Waals surface area contributed by atoms with E-state index in [2.05, 4.69) is 232 Å². The second kappa shape index (κ2) is 14.4. The molecule has 5 nitrogen and oxygen atoms in total. The Balaban J connectivity index is 0.950. The first kappa shape index (κ1) is 40.1. The topological polar surface area (TPSA) is 45.9 Å². The van der Waals surface area contributed by atoms with Gasteiger partial charge >= 0.3 is 0 Å². The van der Waals surface area contributed by atoms with E-state index in [0.717, 1.165) is 94.6 Å². The number of anilines is 6. The van der Waals surface area contributed by atoms with Gasteiger partial charge in [0, 0.05) is 71.5 Å². The molecule has 0 amide bonds. The molecule has 338 valence electrons. The van der Waals surface area contributed by atoms with Crippen LogP contribution in [0.4, 0.5) is 34.1 Å². The van der Waals surface area contributed by atoms with Gasteiger partial charge in [0.25, 0.3) is 0 Å². The van der Waals surface area contributed by atoms with Crippen LogP contribution in [0.3, 0.4) is 0 Å². The maximum Gasteiger partial charge on any atom is 0.159 e. The average molecular weight is 915 g/mol. The summed E-state index contributed by atoms with van der Waals surface area (Å²) in [6.07, 6.45) is 0. The standard InChI is InChI=1S/C66H46N2O3/c1-65(2)50-37-41(67(39-19-7-5-8-20-39)52-28-17-26-45-43-23-11-14-30-54(43)69-62(45)52)33-35-47(50)57-58-49-25-13-16-32-56(49)71-64(58)59-48-36-34-42(38-51(48)66(3,4)61(59)60(57)65)68(40-21-9-6-10-22-40)53-29-18-27-46-44-24-12-15-31-55(44)70-63(46)53/h5-38H,1-4H3. The minimum Gasteiger partial charge on any atom is -0.455 e. The van der Waals surface area contributed by atoms with Gasteiger partial charge in [0.05, 0.1) is 11.4 Å². The fraction of sp³-hybridized carbons (Fsp3) is 0.0909. The summed E-state index contributed by atoms with van der Waals surface area (Å²) in [6.45, 7) is 9.69. The highest BCUT2D eigenvalue weighted by Crippen LogP contribution is 2.64. The van der Waals surface area contributed by atoms with E-state index in [1.165, 1.54) is 49.9 Å². The van der Waals surface area contributed by atoms with E-state index in [4.69, 9.17) is 13.3 Å². The predicted octanol–water partition coefficient (Wildman–Crippen LogP) is 18.9. The Morgan fingerprint density at radius 3 is 1.23 bits per heavy atom. The minimum absolute atomic E-state index is 0.403. The summed E-state index contributed by atoms with van der Waals surface area (Å²) < 4.78 is 20.6. The zero-order chi connectivity index (χ0) is 47.3. The lowest BCUT2D eigenvalue weighted by Crippen LogP contribution is -2.24. The highest BCUT2D eigenvalue weighted by atomic mass is 16.3. The fourth-order valence-corrected chi connectivity index (χ4v) is 12.6. The van der Waals surface area contributed by atoms with Crippen molar-refractivity contribution in [3.63, 3.8) is 0 Å². The third-order valence-electron chi connectivity index (χ3n) is 15.8. The molecular formula is C66H46N2O3. The van der Waals surface area contributed by atoms with Crippen LogP contribution in [0, 0.1) is 0 Å². The van der Waals surface area contributed by atoms with Crippen LogP contribution in [0.2, 0.25) is 0 Å². The van der Waals surface area contributed by atoms with Gasteiger partial charge in [-0.3, -0.25) is 0 Å². The number of benzene rings is 10. The summed E-state index contributed by atoms with van der Waals surface area (Å²) in [6, 6.07) is 73.7. The largest absolute Gasteiger partial charge is 0.455 e. The maximum absolute atomic E-state index is 7.15. The molecule has 0 atom stereocenters. The second-order valence-corrected chi connectivity index (χ2v) is 20.4. The Labute approximate surface area is 410 Å². The molecule has 71 heavy (non-hydrogen) atoms. The van der Waals surface area contributed by atoms with Crippen molar-refractivity contribution >= 4 is 99.9 Å². The second-order valence-electron chi connectivity index (χ2n) is 20.4. The van der Waals surface area contributed by atoms with Crippen LogP contribution < -0.4 is 9.80 Å². The summed E-state index contributed by atoms with van der Waals surface area (Å²) in [7, 11) is 0. The molecule has 10 aromatic carbocycles. The van der Waals surface area contributed by atoms with Crippen LogP contribution in [0.1, 0.15) is 49.9 Å². The third kappa shape index (κ3) is 5.46. The molecule has 5 heteroatoms. The summed E-state index contributed by atoms with van der Waals surface area (Å²) in [5.41, 5.74) is 20.9. The molecule has 2 aliphatic rings. The van der Waals surface area contributed by atoms with Crippen molar-refractivity contribution in [2.45, 2.75) is 38.5 Å². The van der Waals surface area contributed by atoms with Crippen molar-refractivity contribution in [1.29, 1.82) is 0 Å². The van der Waals surface area contributed by atoms with Crippen molar-refractivity contribution in [3.8, 4) is 22.3 Å². The molecule has 0 radical (unpaired) electrons. The van der Waals surface area contributed by atoms with Gasteiger partial charge in [-0.15, -0.1) is 0 Å². The van der Waals surface area contributed by atoms with Crippen LogP contribution in [0.25, 0.3) is 88.1 Å². The van der Waals surface area contributed by atoms with Crippen molar-refractivity contribution in [2.75, 3.05) is 9.80 Å². The number of para-hydroxylation sites is 7. The van der Waals surface area contributed by atoms with Gasteiger partial charge in [-0.1, -0.05) is 155 Å². The monoisotopic (exact) mass is 914 g/mol. The lowest BCUT2D eigenvalue weighted by molar-refractivity contribution is 0.600. The van der Waals surface area contributed by atoms with Gasteiger partial charge in [0.15, 0.2) is 11.2 Å². The molecule has 0 saturated heterocycles. The molecule has 0 bridgehead atoms. The molecule has 0 unspecified atom stereocenters. The first-order chi connectivity index (χ1) is 34.8. The molecular weight excluding hydrogens is 869 g/mol. The van der Waals surface area contributed by atoms with Crippen LogP contribution in [0.15, 0.2) is 220 Å². The molecule has 0 spiro atoms. The van der Waals surface area contributed by atoms with E-state index in [0.29, 0.717) is 0 Å². The molecule has 15 rings (SSSR count). The van der Waals surface area contributed by atoms with E-state index in [1.54, 1.807) is 0 Å². The number of fused-ring (bicyclic) bond motifs is 18. The van der Waals surface area contributed by atoms with Crippen molar-refractivity contribution in [2.24, 2.45) is 0 Å². The van der Waals surface area contributed by atoms with Crippen molar-refractivity contribution < 1.29 is 13.3 Å². The highest BCUT2D eigenvalue weighted by Gasteiger charge is 2.49. The first-order valence-electron chi connectivity index (χ1n) is 24.6. The molecule has 2 aliphatic carbocycles. The van der Waals surface area contributed by atoms with Gasteiger partial charge in [-0.05, 0) is 118 Å². The van der Waals surface area contributed by atoms with Gasteiger partial charge in [-0.25, -0.2) is 0 Å². The summed E-state index contributed by atoms with van der Waals surface area (Å²) >= 11 is 0. The number of hydrogen-bond acceptors (Lipinski definition) is 5. The number of furan rings is 3. The van der Waals surface area contributed by atoms with Crippen LogP contribution >= 0.6 is 0 Å². The van der Waals surface area contributed by atoms with Crippen molar-refractivity contribution in [3.05, 3.63) is 229 Å². The van der Waals surface area contributed by atoms with Crippen LogP contribution in [-0.4, -0.2) is 0 Å². The minimum atomic E-state index is -0.416. The Morgan fingerprint density at radius 1 is 0.324 bits per heavy atom. The molecule has 3 aromatic heterocycles. The Kier molecular flexibility index (Phi) is 8.13. The SMILES string of the molecule is CC1(C)c2cc(N(c3ccccc3)c3cccc4c3oc3ccccc34)ccc2-c2c1c1c(c3c2oc2ccccc23)-c2ccc(N(c3ccccc3)c3cccc4c3oc3ccccc34)cc2C1(C)C. The van der Waals surface area contributed by atoms with Gasteiger partial charge in [0.1, 0.15) is 22.3 Å². The van der Waals surface area contributed by atoms with Crippen molar-refractivity contribution in [1.82, 2.24) is 0 Å². The summed E-state index contributed by atoms with van der Waals surface area (Å²) in [5.74, 6) is 0. The van der Waals surface area contributed by atoms with Gasteiger partial charge < -0.3 is 23.1 Å². The van der Waals surface area contributed by atoms with E-state index in [9.17, 15) is 0 Å². The smallest absolute Gasteiger partial charge is 0.159 e. The number of rotatable bonds is 6. The summed E-state index contributed by atoms with van der Waals surface area (Å²) in [5, 5.41) is 6.73. The highest BCUT2D eigenvalue weighted by molar-refractivity contribution is 6.21. The normalized spacial score (nSPS) is 14.1. The molecule has 0 N–H and O–H groups in total. The van der Waals surface area contributed by atoms with E-state index in [1.807, 2.05) is 12.1 Å². The predicted molar refractivity (Wildman–Crippen MR) is 293 cm³/mol.